The number of amides is 1. The molecule has 0 atom stereocenters. The van der Waals surface area contributed by atoms with Gasteiger partial charge in [-0.3, -0.25) is 0 Å². The molecule has 1 aliphatic heterocycles. The van der Waals surface area contributed by atoms with Gasteiger partial charge in [0.2, 0.25) is 0 Å². The fourth-order valence-corrected chi connectivity index (χ4v) is 5.65. The zero-order valence-corrected chi connectivity index (χ0v) is 26.6. The average Bonchev–Trinajstić information content (AvgIpc) is 3.25. The topological polar surface area (TPSA) is 79.2 Å². The minimum atomic E-state index is -0.650. The first kappa shape index (κ1) is 31.3. The highest BCUT2D eigenvalue weighted by atomic mass is 16.6. The third kappa shape index (κ3) is 7.02. The Morgan fingerprint density at radius 3 is 2.02 bits per heavy atom. The van der Waals surface area contributed by atoms with Crippen LogP contribution in [0, 0.1) is 5.92 Å². The van der Waals surface area contributed by atoms with E-state index in [2.05, 4.69) is 19.1 Å². The van der Waals surface area contributed by atoms with Crippen molar-refractivity contribution in [1.29, 1.82) is 0 Å². The number of fused-ring (bicyclic) bond motifs is 1. The molecule has 0 unspecified atom stereocenters. The van der Waals surface area contributed by atoms with Crippen LogP contribution in [0.1, 0.15) is 72.4 Å². The maximum absolute atomic E-state index is 13.7. The molecule has 8 nitrogen and oxygen atoms in total. The molecule has 0 spiro atoms. The van der Waals surface area contributed by atoms with Crippen molar-refractivity contribution in [2.75, 3.05) is 27.3 Å². The van der Waals surface area contributed by atoms with Gasteiger partial charge in [0.15, 0.2) is 11.5 Å². The summed E-state index contributed by atoms with van der Waals surface area (Å²) in [5.41, 5.74) is 3.61. The number of piperidine rings is 1. The van der Waals surface area contributed by atoms with Crippen molar-refractivity contribution in [3.05, 3.63) is 47.5 Å². The van der Waals surface area contributed by atoms with Gasteiger partial charge in [-0.2, -0.15) is 0 Å². The van der Waals surface area contributed by atoms with Crippen LogP contribution in [0.2, 0.25) is 0 Å². The van der Waals surface area contributed by atoms with Gasteiger partial charge >= 0.3 is 12.2 Å². The number of rotatable bonds is 6. The molecular weight excluding hydrogens is 532 g/mol. The Labute approximate surface area is 249 Å². The van der Waals surface area contributed by atoms with Crippen molar-refractivity contribution in [2.45, 2.75) is 85.4 Å². The molecule has 0 N–H and O–H groups in total. The lowest BCUT2D eigenvalue weighted by Crippen LogP contribution is -2.42. The van der Waals surface area contributed by atoms with E-state index >= 15 is 0 Å². The van der Waals surface area contributed by atoms with Crippen molar-refractivity contribution in [3.63, 3.8) is 0 Å². The molecule has 1 aliphatic rings. The molecular formula is C34H46N2O6. The Kier molecular flexibility index (Phi) is 9.14. The predicted octanol–water partition coefficient (Wildman–Crippen LogP) is 7.86. The lowest BCUT2D eigenvalue weighted by atomic mass is 9.89. The highest BCUT2D eigenvalue weighted by Crippen LogP contribution is 2.39. The highest BCUT2D eigenvalue weighted by Gasteiger charge is 2.29. The molecule has 1 aromatic heterocycles. The fourth-order valence-electron chi connectivity index (χ4n) is 5.65. The van der Waals surface area contributed by atoms with Crippen LogP contribution >= 0.6 is 0 Å². The van der Waals surface area contributed by atoms with Gasteiger partial charge in [0.1, 0.15) is 11.2 Å². The van der Waals surface area contributed by atoms with Gasteiger partial charge < -0.3 is 23.8 Å². The number of benzene rings is 2. The largest absolute Gasteiger partial charge is 0.493 e. The molecule has 1 saturated heterocycles. The quantitative estimate of drug-likeness (QED) is 0.296. The van der Waals surface area contributed by atoms with Gasteiger partial charge in [0, 0.05) is 24.0 Å². The van der Waals surface area contributed by atoms with E-state index in [1.807, 2.05) is 70.7 Å². The van der Waals surface area contributed by atoms with E-state index in [0.717, 1.165) is 53.4 Å². The molecule has 0 saturated carbocycles. The van der Waals surface area contributed by atoms with E-state index < -0.39 is 17.3 Å². The standard InChI is InChI=1S/C34H46N2O6/c1-10-25-26-20-23(19-22-15-17-35(18-16-22)31(37)41-33(2,3)4)11-13-27(26)36(32(38)42-34(5,6)7)30(25)24-12-14-28(39-8)29(21-24)40-9/h11-14,20-22H,10,15-19H2,1-9H3. The zero-order chi connectivity index (χ0) is 30.8. The molecule has 0 aliphatic carbocycles. The first-order valence-electron chi connectivity index (χ1n) is 14.8. The summed E-state index contributed by atoms with van der Waals surface area (Å²) in [5.74, 6) is 1.68. The molecule has 4 rings (SSSR count). The van der Waals surface area contributed by atoms with Gasteiger partial charge in [-0.05, 0) is 115 Å². The van der Waals surface area contributed by atoms with Gasteiger partial charge in [0.25, 0.3) is 0 Å². The Hall–Kier alpha value is -3.68. The summed E-state index contributed by atoms with van der Waals surface area (Å²) < 4.78 is 24.2. The summed E-state index contributed by atoms with van der Waals surface area (Å²) in [5, 5.41) is 1.04. The maximum Gasteiger partial charge on any atom is 0.419 e. The average molecular weight is 579 g/mol. The number of ether oxygens (including phenoxy) is 4. The van der Waals surface area contributed by atoms with Gasteiger partial charge in [-0.1, -0.05) is 13.0 Å². The van der Waals surface area contributed by atoms with Crippen LogP contribution in [-0.4, -0.2) is 60.2 Å². The van der Waals surface area contributed by atoms with Crippen molar-refractivity contribution in [1.82, 2.24) is 9.47 Å². The number of hydrogen-bond donors (Lipinski definition) is 0. The van der Waals surface area contributed by atoms with E-state index in [1.165, 1.54) is 5.56 Å². The lowest BCUT2D eigenvalue weighted by molar-refractivity contribution is 0.0184. The van der Waals surface area contributed by atoms with Crippen molar-refractivity contribution in [2.24, 2.45) is 5.92 Å². The number of carbonyl (C=O) groups excluding carboxylic acids is 2. The predicted molar refractivity (Wildman–Crippen MR) is 166 cm³/mol. The van der Waals surface area contributed by atoms with Crippen LogP contribution in [0.3, 0.4) is 0 Å². The number of methoxy groups -OCH3 is 2. The SMILES string of the molecule is CCc1c(-c2ccc(OC)c(OC)c2)n(C(=O)OC(C)(C)C)c2ccc(CC3CCN(C(=O)OC(C)(C)C)CC3)cc12. The molecule has 2 aromatic carbocycles. The Balaban J connectivity index is 1.69. The summed E-state index contributed by atoms with van der Waals surface area (Å²) >= 11 is 0. The Bertz CT molecular complexity index is 1430. The second-order valence-electron chi connectivity index (χ2n) is 13.0. The minimum Gasteiger partial charge on any atom is -0.493 e. The maximum atomic E-state index is 13.7. The number of carbonyl (C=O) groups is 2. The number of hydrogen-bond acceptors (Lipinski definition) is 6. The third-order valence-corrected chi connectivity index (χ3v) is 7.51. The van der Waals surface area contributed by atoms with E-state index in [0.29, 0.717) is 30.5 Å². The smallest absolute Gasteiger partial charge is 0.419 e. The number of likely N-dealkylation sites (tertiary alicyclic amines) is 1. The van der Waals surface area contributed by atoms with Crippen LogP contribution in [0.25, 0.3) is 22.2 Å². The van der Waals surface area contributed by atoms with Gasteiger partial charge in [0.05, 0.1) is 25.4 Å². The van der Waals surface area contributed by atoms with E-state index in [9.17, 15) is 9.59 Å². The van der Waals surface area contributed by atoms with Crippen LogP contribution in [-0.2, 0) is 22.3 Å². The molecule has 228 valence electrons. The molecule has 3 aromatic rings. The van der Waals surface area contributed by atoms with Crippen LogP contribution < -0.4 is 9.47 Å². The van der Waals surface area contributed by atoms with Crippen molar-refractivity contribution in [3.8, 4) is 22.8 Å². The van der Waals surface area contributed by atoms with E-state index in [1.54, 1.807) is 18.8 Å². The Morgan fingerprint density at radius 1 is 0.833 bits per heavy atom. The van der Waals surface area contributed by atoms with Crippen LogP contribution in [0.4, 0.5) is 9.59 Å². The molecule has 8 heteroatoms. The Morgan fingerprint density at radius 2 is 1.45 bits per heavy atom. The third-order valence-electron chi connectivity index (χ3n) is 7.51. The van der Waals surface area contributed by atoms with Crippen molar-refractivity contribution < 1.29 is 28.5 Å². The highest BCUT2D eigenvalue weighted by molar-refractivity contribution is 6.00. The lowest BCUT2D eigenvalue weighted by Gasteiger charge is -2.33. The van der Waals surface area contributed by atoms with Crippen LogP contribution in [0.15, 0.2) is 36.4 Å². The summed E-state index contributed by atoms with van der Waals surface area (Å²) in [4.78, 5) is 28.0. The summed E-state index contributed by atoms with van der Waals surface area (Å²) in [6, 6.07) is 12.1. The molecule has 1 fully saturated rings. The first-order valence-corrected chi connectivity index (χ1v) is 14.8. The second-order valence-corrected chi connectivity index (χ2v) is 13.0. The molecule has 2 heterocycles. The molecule has 1 amide bonds. The van der Waals surface area contributed by atoms with Gasteiger partial charge in [-0.25, -0.2) is 14.2 Å². The van der Waals surface area contributed by atoms with Gasteiger partial charge in [-0.15, -0.1) is 0 Å². The zero-order valence-electron chi connectivity index (χ0n) is 26.6. The molecule has 42 heavy (non-hydrogen) atoms. The fraction of sp³-hybridized carbons (Fsp3) is 0.529. The van der Waals surface area contributed by atoms with E-state index in [-0.39, 0.29) is 6.09 Å². The summed E-state index contributed by atoms with van der Waals surface area (Å²) in [7, 11) is 3.21. The van der Waals surface area contributed by atoms with E-state index in [4.69, 9.17) is 18.9 Å². The van der Waals surface area contributed by atoms with Crippen LogP contribution in [0.5, 0.6) is 11.5 Å². The molecule has 0 radical (unpaired) electrons. The first-order chi connectivity index (χ1) is 19.7. The normalized spacial score (nSPS) is 14.6. The van der Waals surface area contributed by atoms with Crippen molar-refractivity contribution >= 4 is 23.1 Å². The monoisotopic (exact) mass is 578 g/mol. The number of aromatic nitrogens is 1. The minimum absolute atomic E-state index is 0.235. The summed E-state index contributed by atoms with van der Waals surface area (Å²) in [6.45, 7) is 14.8. The number of aryl methyl sites for hydroxylation is 1. The molecule has 0 bridgehead atoms. The number of nitrogens with zero attached hydrogens (tertiary/aromatic N) is 2. The second kappa shape index (κ2) is 12.3. The summed E-state index contributed by atoms with van der Waals surface area (Å²) in [6.07, 6.45) is 2.83.